The fraction of sp³-hybridized carbons (Fsp3) is 0.154. The molecule has 5 heteroatoms. The molecule has 156 valence electrons. The summed E-state index contributed by atoms with van der Waals surface area (Å²) in [5, 5.41) is 4.95. The third-order valence-electron chi connectivity index (χ3n) is 5.19. The average molecular weight is 412 g/mol. The molecule has 1 N–H and O–H groups in total. The molecule has 3 aromatic carbocycles. The van der Waals surface area contributed by atoms with Crippen molar-refractivity contribution in [2.24, 2.45) is 7.05 Å². The number of aromatic nitrogens is 1. The van der Waals surface area contributed by atoms with Crippen molar-refractivity contribution in [2.75, 3.05) is 6.61 Å². The van der Waals surface area contributed by atoms with Crippen LogP contribution in [0.25, 0.3) is 27.9 Å². The predicted octanol–water partition coefficient (Wildman–Crippen LogP) is 5.06. The van der Waals surface area contributed by atoms with E-state index in [1.54, 1.807) is 30.3 Å². The Balaban J connectivity index is 1.74. The number of ether oxygens (including phenoxy) is 1. The van der Waals surface area contributed by atoms with E-state index < -0.39 is 5.97 Å². The zero-order valence-electron chi connectivity index (χ0n) is 17.6. The maximum atomic E-state index is 12.7. The molecule has 5 nitrogen and oxygen atoms in total. The van der Waals surface area contributed by atoms with Crippen molar-refractivity contribution in [2.45, 2.75) is 13.3 Å². The molecule has 0 aliphatic carbocycles. The van der Waals surface area contributed by atoms with Crippen molar-refractivity contribution in [1.82, 2.24) is 9.88 Å². The second-order valence-electron chi connectivity index (χ2n) is 7.37. The second-order valence-corrected chi connectivity index (χ2v) is 7.37. The molecular weight excluding hydrogens is 388 g/mol. The van der Waals surface area contributed by atoms with Crippen molar-refractivity contribution in [3.05, 3.63) is 89.6 Å². The van der Waals surface area contributed by atoms with Gasteiger partial charge in [0.25, 0.3) is 5.91 Å². The van der Waals surface area contributed by atoms with Crippen LogP contribution >= 0.6 is 0 Å². The smallest absolute Gasteiger partial charge is 0.354 e. The molecule has 0 fully saturated rings. The van der Waals surface area contributed by atoms with E-state index in [2.05, 4.69) is 22.0 Å². The Morgan fingerprint density at radius 2 is 1.65 bits per heavy atom. The standard InChI is InChI=1S/C26H24N2O3/c1-3-15-31-26(30)22(27-25(29)19-9-5-4-6-10-19)17-18-13-14-24-21(16-18)20-11-7-8-12-23(20)28(24)2/h4-14,16-17H,3,15H2,1-2H3,(H,27,29)/b22-17+. The van der Waals surface area contributed by atoms with Gasteiger partial charge in [0, 0.05) is 34.4 Å². The van der Waals surface area contributed by atoms with Gasteiger partial charge in [0.05, 0.1) is 6.61 Å². The molecule has 0 aliphatic rings. The second kappa shape index (κ2) is 8.88. The van der Waals surface area contributed by atoms with Gasteiger partial charge < -0.3 is 14.6 Å². The Kier molecular flexibility index (Phi) is 5.85. The SMILES string of the molecule is CCCOC(=O)/C(=C\c1ccc2c(c1)c1ccccc1n2C)NC(=O)c1ccccc1. The van der Waals surface area contributed by atoms with Crippen LogP contribution in [0.5, 0.6) is 0 Å². The van der Waals surface area contributed by atoms with Crippen LogP contribution in [0.1, 0.15) is 29.3 Å². The zero-order chi connectivity index (χ0) is 21.8. The summed E-state index contributed by atoms with van der Waals surface area (Å²) in [5.74, 6) is -0.907. The number of benzene rings is 3. The number of para-hydroxylation sites is 1. The van der Waals surface area contributed by atoms with Crippen molar-refractivity contribution in [3.63, 3.8) is 0 Å². The molecule has 0 bridgehead atoms. The van der Waals surface area contributed by atoms with Crippen molar-refractivity contribution in [1.29, 1.82) is 0 Å². The molecule has 0 saturated carbocycles. The first-order chi connectivity index (χ1) is 15.1. The number of carbonyl (C=O) groups excluding carboxylic acids is 2. The highest BCUT2D eigenvalue weighted by Gasteiger charge is 2.16. The van der Waals surface area contributed by atoms with Gasteiger partial charge in [-0.3, -0.25) is 4.79 Å². The van der Waals surface area contributed by atoms with E-state index in [9.17, 15) is 9.59 Å². The first-order valence-corrected chi connectivity index (χ1v) is 10.3. The quantitative estimate of drug-likeness (QED) is 0.356. The fourth-order valence-corrected chi connectivity index (χ4v) is 3.64. The maximum absolute atomic E-state index is 12.7. The van der Waals surface area contributed by atoms with Crippen molar-refractivity contribution >= 4 is 39.8 Å². The van der Waals surface area contributed by atoms with E-state index >= 15 is 0 Å². The number of aryl methyl sites for hydroxylation is 1. The number of nitrogens with one attached hydrogen (secondary N) is 1. The van der Waals surface area contributed by atoms with Crippen molar-refractivity contribution in [3.8, 4) is 0 Å². The van der Waals surface area contributed by atoms with Crippen LogP contribution < -0.4 is 5.32 Å². The largest absolute Gasteiger partial charge is 0.461 e. The van der Waals surface area contributed by atoms with Gasteiger partial charge in [-0.15, -0.1) is 0 Å². The van der Waals surface area contributed by atoms with Crippen LogP contribution in [0.2, 0.25) is 0 Å². The highest BCUT2D eigenvalue weighted by Crippen LogP contribution is 2.29. The summed E-state index contributed by atoms with van der Waals surface area (Å²) in [7, 11) is 2.04. The minimum absolute atomic E-state index is 0.113. The van der Waals surface area contributed by atoms with Crippen molar-refractivity contribution < 1.29 is 14.3 Å². The number of hydrogen-bond donors (Lipinski definition) is 1. The third kappa shape index (κ3) is 4.21. The van der Waals surface area contributed by atoms with Crippen LogP contribution in [0.15, 0.2) is 78.5 Å². The lowest BCUT2D eigenvalue weighted by atomic mass is 10.1. The lowest BCUT2D eigenvalue weighted by molar-refractivity contribution is -0.139. The molecule has 4 rings (SSSR count). The molecular formula is C26H24N2O3. The number of nitrogens with zero attached hydrogens (tertiary/aromatic N) is 1. The molecule has 1 aromatic heterocycles. The molecule has 0 unspecified atom stereocenters. The fourth-order valence-electron chi connectivity index (χ4n) is 3.64. The van der Waals surface area contributed by atoms with Crippen LogP contribution in [-0.4, -0.2) is 23.1 Å². The number of amides is 1. The zero-order valence-corrected chi connectivity index (χ0v) is 17.6. The van der Waals surface area contributed by atoms with E-state index in [1.807, 2.05) is 50.4 Å². The maximum Gasteiger partial charge on any atom is 0.354 e. The summed E-state index contributed by atoms with van der Waals surface area (Å²) in [5.41, 5.74) is 3.63. The number of hydrogen-bond acceptors (Lipinski definition) is 3. The van der Waals surface area contributed by atoms with Crippen LogP contribution in [0.3, 0.4) is 0 Å². The molecule has 0 saturated heterocycles. The van der Waals surface area contributed by atoms with E-state index in [4.69, 9.17) is 4.74 Å². The highest BCUT2D eigenvalue weighted by molar-refractivity contribution is 6.09. The average Bonchev–Trinajstić information content (AvgIpc) is 3.09. The molecule has 0 atom stereocenters. The molecule has 1 amide bonds. The third-order valence-corrected chi connectivity index (χ3v) is 5.19. The molecule has 0 spiro atoms. The lowest BCUT2D eigenvalue weighted by Gasteiger charge is -2.10. The Morgan fingerprint density at radius 3 is 2.42 bits per heavy atom. The Morgan fingerprint density at radius 1 is 0.935 bits per heavy atom. The molecule has 31 heavy (non-hydrogen) atoms. The number of carbonyl (C=O) groups is 2. The number of rotatable bonds is 6. The van der Waals surface area contributed by atoms with Gasteiger partial charge >= 0.3 is 5.97 Å². The van der Waals surface area contributed by atoms with Gasteiger partial charge in [-0.05, 0) is 48.4 Å². The van der Waals surface area contributed by atoms with Crippen LogP contribution in [0.4, 0.5) is 0 Å². The summed E-state index contributed by atoms with van der Waals surface area (Å²) in [6, 6.07) is 23.0. The van der Waals surface area contributed by atoms with Gasteiger partial charge in [0.2, 0.25) is 0 Å². The molecule has 0 radical (unpaired) electrons. The predicted molar refractivity (Wildman–Crippen MR) is 124 cm³/mol. The van der Waals surface area contributed by atoms with E-state index in [1.165, 1.54) is 0 Å². The van der Waals surface area contributed by atoms with E-state index in [0.29, 0.717) is 18.6 Å². The Hall–Kier alpha value is -3.86. The normalized spacial score (nSPS) is 11.6. The van der Waals surface area contributed by atoms with Gasteiger partial charge in [-0.25, -0.2) is 4.79 Å². The van der Waals surface area contributed by atoms with E-state index in [-0.39, 0.29) is 11.6 Å². The number of esters is 1. The summed E-state index contributed by atoms with van der Waals surface area (Å²) in [6.45, 7) is 2.22. The van der Waals surface area contributed by atoms with Crippen LogP contribution in [0, 0.1) is 0 Å². The molecule has 1 heterocycles. The van der Waals surface area contributed by atoms with Gasteiger partial charge in [-0.2, -0.15) is 0 Å². The van der Waals surface area contributed by atoms with Gasteiger partial charge in [0.15, 0.2) is 0 Å². The minimum Gasteiger partial charge on any atom is -0.461 e. The lowest BCUT2D eigenvalue weighted by Crippen LogP contribution is -2.28. The Labute approximate surface area is 180 Å². The highest BCUT2D eigenvalue weighted by atomic mass is 16.5. The van der Waals surface area contributed by atoms with E-state index in [0.717, 1.165) is 27.4 Å². The molecule has 4 aromatic rings. The monoisotopic (exact) mass is 412 g/mol. The first kappa shape index (κ1) is 20.4. The van der Waals surface area contributed by atoms with Gasteiger partial charge in [-0.1, -0.05) is 49.4 Å². The summed E-state index contributed by atoms with van der Waals surface area (Å²) in [6.07, 6.45) is 2.37. The summed E-state index contributed by atoms with van der Waals surface area (Å²) < 4.78 is 7.44. The van der Waals surface area contributed by atoms with Crippen LogP contribution in [-0.2, 0) is 16.6 Å². The van der Waals surface area contributed by atoms with Gasteiger partial charge in [0.1, 0.15) is 5.70 Å². The minimum atomic E-state index is -0.552. The molecule has 0 aliphatic heterocycles. The summed E-state index contributed by atoms with van der Waals surface area (Å²) in [4.78, 5) is 25.3. The Bertz CT molecular complexity index is 1290. The summed E-state index contributed by atoms with van der Waals surface area (Å²) >= 11 is 0. The topological polar surface area (TPSA) is 60.3 Å². The first-order valence-electron chi connectivity index (χ1n) is 10.3. The number of fused-ring (bicyclic) bond motifs is 3.